The zero-order valence-corrected chi connectivity index (χ0v) is 16.4. The fraction of sp³-hybridized carbons (Fsp3) is 0.524. The van der Waals surface area contributed by atoms with Crippen LogP contribution in [0, 0.1) is 0 Å². The van der Waals surface area contributed by atoms with Crippen LogP contribution in [-0.4, -0.2) is 84.1 Å². The summed E-state index contributed by atoms with van der Waals surface area (Å²) in [5.74, 6) is 0.124. The summed E-state index contributed by atoms with van der Waals surface area (Å²) in [5, 5.41) is 1.10. The quantitative estimate of drug-likeness (QED) is 0.876. The highest BCUT2D eigenvalue weighted by Crippen LogP contribution is 2.21. The molecule has 7 heteroatoms. The van der Waals surface area contributed by atoms with E-state index in [1.54, 1.807) is 4.90 Å². The number of amides is 2. The second kappa shape index (κ2) is 8.22. The van der Waals surface area contributed by atoms with Gasteiger partial charge < -0.3 is 24.4 Å². The molecule has 0 saturated carbocycles. The van der Waals surface area contributed by atoms with E-state index in [-0.39, 0.29) is 18.0 Å². The molecule has 28 heavy (non-hydrogen) atoms. The molecule has 4 rings (SSSR count). The molecule has 0 radical (unpaired) electrons. The van der Waals surface area contributed by atoms with E-state index in [9.17, 15) is 9.59 Å². The number of carbonyl (C=O) groups excluding carboxylic acids is 2. The molecule has 2 amide bonds. The zero-order chi connectivity index (χ0) is 19.5. The largest absolute Gasteiger partial charge is 0.453 e. The molecule has 2 aliphatic heterocycles. The van der Waals surface area contributed by atoms with Gasteiger partial charge in [-0.25, -0.2) is 4.79 Å². The maximum atomic E-state index is 13.2. The van der Waals surface area contributed by atoms with Crippen LogP contribution in [0.4, 0.5) is 4.79 Å². The Hall–Kier alpha value is -2.54. The Balaban J connectivity index is 1.49. The van der Waals surface area contributed by atoms with Crippen LogP contribution in [0.15, 0.2) is 30.5 Å². The Morgan fingerprint density at radius 2 is 1.93 bits per heavy atom. The third kappa shape index (κ3) is 3.85. The first-order valence-corrected chi connectivity index (χ1v) is 10.1. The molecule has 150 valence electrons. The number of likely N-dealkylation sites (tertiary alicyclic amines) is 1. The van der Waals surface area contributed by atoms with Crippen molar-refractivity contribution in [2.24, 2.45) is 0 Å². The molecule has 1 N–H and O–H groups in total. The number of ether oxygens (including phenoxy) is 1. The Kier molecular flexibility index (Phi) is 5.52. The van der Waals surface area contributed by atoms with E-state index in [1.807, 2.05) is 35.4 Å². The lowest BCUT2D eigenvalue weighted by molar-refractivity contribution is -0.135. The number of aromatic nitrogens is 1. The van der Waals surface area contributed by atoms with Crippen LogP contribution in [0.5, 0.6) is 0 Å². The second-order valence-electron chi connectivity index (χ2n) is 7.70. The van der Waals surface area contributed by atoms with Crippen LogP contribution in [0.25, 0.3) is 10.9 Å². The molecule has 2 aromatic rings. The summed E-state index contributed by atoms with van der Waals surface area (Å²) in [7, 11) is 1.41. The zero-order valence-electron chi connectivity index (χ0n) is 16.4. The summed E-state index contributed by atoms with van der Waals surface area (Å²) in [6.45, 7) is 4.55. The number of carbonyl (C=O) groups is 2. The minimum absolute atomic E-state index is 0.00339. The maximum Gasteiger partial charge on any atom is 0.409 e. The van der Waals surface area contributed by atoms with Gasteiger partial charge in [0.1, 0.15) is 0 Å². The molecule has 0 spiro atoms. The van der Waals surface area contributed by atoms with Crippen molar-refractivity contribution in [2.75, 3.05) is 46.4 Å². The normalized spacial score (nSPS) is 20.7. The van der Waals surface area contributed by atoms with Gasteiger partial charge in [0, 0.05) is 43.3 Å². The molecule has 2 aliphatic rings. The highest BCUT2D eigenvalue weighted by molar-refractivity contribution is 5.89. The lowest BCUT2D eigenvalue weighted by atomic mass is 10.1. The number of H-pyrrole nitrogens is 1. The Bertz CT molecular complexity index is 843. The van der Waals surface area contributed by atoms with Gasteiger partial charge in [-0.15, -0.1) is 0 Å². The second-order valence-corrected chi connectivity index (χ2v) is 7.70. The van der Waals surface area contributed by atoms with Gasteiger partial charge >= 0.3 is 6.09 Å². The maximum absolute atomic E-state index is 13.2. The minimum atomic E-state index is -0.310. The van der Waals surface area contributed by atoms with Gasteiger partial charge in [-0.3, -0.25) is 4.79 Å². The monoisotopic (exact) mass is 384 g/mol. The Morgan fingerprint density at radius 1 is 1.14 bits per heavy atom. The van der Waals surface area contributed by atoms with Crippen LogP contribution in [0.2, 0.25) is 0 Å². The number of rotatable bonds is 4. The first-order chi connectivity index (χ1) is 13.7. The molecule has 0 bridgehead atoms. The summed E-state index contributed by atoms with van der Waals surface area (Å²) < 4.78 is 4.90. The van der Waals surface area contributed by atoms with Gasteiger partial charge in [-0.05, 0) is 37.6 Å². The van der Waals surface area contributed by atoms with Crippen LogP contribution in [0.1, 0.15) is 18.4 Å². The van der Waals surface area contributed by atoms with Gasteiger partial charge in [0.25, 0.3) is 0 Å². The number of aromatic amines is 1. The number of nitrogens with zero attached hydrogens (tertiary/aromatic N) is 3. The van der Waals surface area contributed by atoms with E-state index >= 15 is 0 Å². The predicted octanol–water partition coefficient (Wildman–Crippen LogP) is 2.09. The van der Waals surface area contributed by atoms with E-state index in [4.69, 9.17) is 4.74 Å². The van der Waals surface area contributed by atoms with Crippen LogP contribution in [0.3, 0.4) is 0 Å². The van der Waals surface area contributed by atoms with Crippen molar-refractivity contribution in [1.82, 2.24) is 19.7 Å². The third-order valence-electron chi connectivity index (χ3n) is 5.92. The van der Waals surface area contributed by atoms with E-state index in [0.29, 0.717) is 26.1 Å². The van der Waals surface area contributed by atoms with Crippen molar-refractivity contribution < 1.29 is 14.3 Å². The smallest absolute Gasteiger partial charge is 0.409 e. The summed E-state index contributed by atoms with van der Waals surface area (Å²) >= 11 is 0. The summed E-state index contributed by atoms with van der Waals surface area (Å²) in [6, 6.07) is 8.06. The Labute approximate surface area is 165 Å². The predicted molar refractivity (Wildman–Crippen MR) is 107 cm³/mol. The standard InChI is InChI=1S/C21H28N4O3/c1-28-21(27)24-10-11-25(17(15-24)14-23-8-4-5-9-23)20(26)12-16-13-22-19-7-3-2-6-18(16)19/h2-3,6-7,13,17,22H,4-5,8-12,14-15H2,1H3/t17-/m1/s1. The molecule has 1 aromatic heterocycles. The first kappa shape index (κ1) is 18.8. The lowest BCUT2D eigenvalue weighted by Crippen LogP contribution is -2.59. The number of hydrogen-bond donors (Lipinski definition) is 1. The minimum Gasteiger partial charge on any atom is -0.453 e. The number of nitrogens with one attached hydrogen (secondary N) is 1. The topological polar surface area (TPSA) is 68.9 Å². The fourth-order valence-electron chi connectivity index (χ4n) is 4.44. The molecule has 3 heterocycles. The van der Waals surface area contributed by atoms with Crippen molar-refractivity contribution in [2.45, 2.75) is 25.3 Å². The van der Waals surface area contributed by atoms with Crippen molar-refractivity contribution in [3.63, 3.8) is 0 Å². The number of para-hydroxylation sites is 1. The van der Waals surface area contributed by atoms with Crippen LogP contribution in [-0.2, 0) is 16.0 Å². The summed E-state index contributed by atoms with van der Waals surface area (Å²) in [5.41, 5.74) is 2.07. The van der Waals surface area contributed by atoms with Gasteiger partial charge in [-0.2, -0.15) is 0 Å². The van der Waals surface area contributed by atoms with Crippen molar-refractivity contribution in [3.05, 3.63) is 36.0 Å². The molecular weight excluding hydrogens is 356 g/mol. The average Bonchev–Trinajstić information content (AvgIpc) is 3.37. The van der Waals surface area contributed by atoms with Crippen LogP contribution < -0.4 is 0 Å². The first-order valence-electron chi connectivity index (χ1n) is 10.1. The molecule has 2 saturated heterocycles. The number of benzene rings is 1. The summed E-state index contributed by atoms with van der Waals surface area (Å²) in [6.07, 6.45) is 4.41. The van der Waals surface area contributed by atoms with E-state index in [2.05, 4.69) is 9.88 Å². The summed E-state index contributed by atoms with van der Waals surface area (Å²) in [4.78, 5) is 34.5. The highest BCUT2D eigenvalue weighted by Gasteiger charge is 2.34. The average molecular weight is 384 g/mol. The van der Waals surface area contributed by atoms with E-state index < -0.39 is 0 Å². The van der Waals surface area contributed by atoms with Gasteiger partial charge in [0.15, 0.2) is 0 Å². The molecule has 0 unspecified atom stereocenters. The van der Waals surface area contributed by atoms with Crippen molar-refractivity contribution in [1.29, 1.82) is 0 Å². The van der Waals surface area contributed by atoms with Crippen LogP contribution >= 0.6 is 0 Å². The Morgan fingerprint density at radius 3 is 2.71 bits per heavy atom. The molecule has 7 nitrogen and oxygen atoms in total. The van der Waals surface area contributed by atoms with Gasteiger partial charge in [0.2, 0.25) is 5.91 Å². The van der Waals surface area contributed by atoms with E-state index in [0.717, 1.165) is 36.1 Å². The van der Waals surface area contributed by atoms with Crippen molar-refractivity contribution >= 4 is 22.9 Å². The third-order valence-corrected chi connectivity index (χ3v) is 5.92. The van der Waals surface area contributed by atoms with Crippen molar-refractivity contribution in [3.8, 4) is 0 Å². The molecule has 1 atom stereocenters. The molecule has 1 aromatic carbocycles. The fourth-order valence-corrected chi connectivity index (χ4v) is 4.44. The van der Waals surface area contributed by atoms with Gasteiger partial charge in [0.05, 0.1) is 19.6 Å². The van der Waals surface area contributed by atoms with E-state index in [1.165, 1.54) is 20.0 Å². The molecule has 2 fully saturated rings. The molecule has 0 aliphatic carbocycles. The lowest BCUT2D eigenvalue weighted by Gasteiger charge is -2.42. The number of fused-ring (bicyclic) bond motifs is 1. The number of piperazine rings is 1. The molecular formula is C21H28N4O3. The highest BCUT2D eigenvalue weighted by atomic mass is 16.5. The SMILES string of the molecule is COC(=O)N1CCN(C(=O)Cc2c[nH]c3ccccc23)[C@H](CN2CCCC2)C1. The number of methoxy groups -OCH3 is 1. The number of hydrogen-bond acceptors (Lipinski definition) is 4. The van der Waals surface area contributed by atoms with Gasteiger partial charge in [-0.1, -0.05) is 18.2 Å².